The van der Waals surface area contributed by atoms with Crippen LogP contribution in [0.15, 0.2) is 22.7 Å². The molecule has 2 aliphatic heterocycles. The number of hydrogen-bond acceptors (Lipinski definition) is 4. The van der Waals surface area contributed by atoms with Crippen molar-refractivity contribution in [3.8, 4) is 0 Å². The lowest BCUT2D eigenvalue weighted by Crippen LogP contribution is -2.39. The predicted octanol–water partition coefficient (Wildman–Crippen LogP) is 2.10. The first-order valence-corrected chi connectivity index (χ1v) is 11.1. The summed E-state index contributed by atoms with van der Waals surface area (Å²) in [5.41, 5.74) is 1.75. The summed E-state index contributed by atoms with van der Waals surface area (Å²) in [4.78, 5) is 23.5. The Kier molecular flexibility index (Phi) is 5.57. The van der Waals surface area contributed by atoms with Crippen molar-refractivity contribution in [3.05, 3.63) is 28.2 Å². The van der Waals surface area contributed by atoms with Crippen molar-refractivity contribution in [1.29, 1.82) is 0 Å². The van der Waals surface area contributed by atoms with Gasteiger partial charge in [-0.15, -0.1) is 0 Å². The third-order valence-corrected chi connectivity index (χ3v) is 7.69. The van der Waals surface area contributed by atoms with Gasteiger partial charge in [0.05, 0.1) is 23.1 Å². The highest BCUT2D eigenvalue weighted by molar-refractivity contribution is 9.10. The van der Waals surface area contributed by atoms with Gasteiger partial charge < -0.3 is 16.0 Å². The Morgan fingerprint density at radius 2 is 2.08 bits per heavy atom. The van der Waals surface area contributed by atoms with E-state index >= 15 is 0 Å². The van der Waals surface area contributed by atoms with E-state index < -0.39 is 15.1 Å². The maximum atomic E-state index is 12.2. The fourth-order valence-corrected chi connectivity index (χ4v) is 6.36. The molecule has 3 N–H and O–H groups in total. The predicted molar refractivity (Wildman–Crippen MR) is 103 cm³/mol. The van der Waals surface area contributed by atoms with Crippen LogP contribution in [0.5, 0.6) is 0 Å². The number of halogens is 1. The molecule has 0 aliphatic carbocycles. The molecule has 1 aromatic rings. The minimum Gasteiger partial charge on any atom is -0.332 e. The van der Waals surface area contributed by atoms with Gasteiger partial charge in [0.25, 0.3) is 0 Å². The van der Waals surface area contributed by atoms with Gasteiger partial charge >= 0.3 is 6.03 Å². The van der Waals surface area contributed by atoms with Crippen LogP contribution in [-0.4, -0.2) is 43.4 Å². The highest BCUT2D eigenvalue weighted by atomic mass is 79.9. The van der Waals surface area contributed by atoms with E-state index in [0.717, 1.165) is 15.7 Å². The van der Waals surface area contributed by atoms with Crippen molar-refractivity contribution in [2.75, 3.05) is 11.1 Å². The molecule has 0 aromatic heterocycles. The Hall–Kier alpha value is -1.61. The molecule has 2 fully saturated rings. The number of rotatable bonds is 6. The summed E-state index contributed by atoms with van der Waals surface area (Å²) >= 11 is 3.39. The third kappa shape index (κ3) is 4.20. The van der Waals surface area contributed by atoms with Gasteiger partial charge in [-0.1, -0.05) is 22.4 Å². The van der Waals surface area contributed by atoms with Crippen LogP contribution in [0.2, 0.25) is 0 Å². The minimum atomic E-state index is -3.21. The Morgan fingerprint density at radius 1 is 1.31 bits per heavy atom. The maximum Gasteiger partial charge on any atom is 0.315 e. The van der Waals surface area contributed by atoms with Crippen LogP contribution in [0.4, 0.5) is 10.5 Å². The number of nitrogens with one attached hydrogen (secondary N) is 3. The molecule has 9 heteroatoms. The number of amides is 3. The lowest BCUT2D eigenvalue weighted by molar-refractivity contribution is -0.116. The summed E-state index contributed by atoms with van der Waals surface area (Å²) in [6, 6.07) is 4.66. The first kappa shape index (κ1) is 19.2. The van der Waals surface area contributed by atoms with E-state index in [2.05, 4.69) is 31.9 Å². The van der Waals surface area contributed by atoms with E-state index in [-0.39, 0.29) is 29.8 Å². The van der Waals surface area contributed by atoms with Gasteiger partial charge in [0.15, 0.2) is 9.84 Å². The van der Waals surface area contributed by atoms with E-state index in [9.17, 15) is 18.0 Å². The maximum absolute atomic E-state index is 12.2. The van der Waals surface area contributed by atoms with Crippen LogP contribution < -0.4 is 16.0 Å². The van der Waals surface area contributed by atoms with Gasteiger partial charge in [0.2, 0.25) is 5.91 Å². The molecule has 1 aromatic carbocycles. The van der Waals surface area contributed by atoms with Crippen molar-refractivity contribution < 1.29 is 18.0 Å². The van der Waals surface area contributed by atoms with Gasteiger partial charge in [-0.2, -0.15) is 0 Å². The number of urea groups is 1. The number of sulfone groups is 1. The molecular formula is C17H22BrN3O4S. The zero-order chi connectivity index (χ0) is 18.9. The number of unbranched alkanes of at least 4 members (excludes halogenated alkanes) is 1. The summed E-state index contributed by atoms with van der Waals surface area (Å²) in [6.07, 6.45) is 2.01. The smallest absolute Gasteiger partial charge is 0.315 e. The van der Waals surface area contributed by atoms with Crippen molar-refractivity contribution in [1.82, 2.24) is 10.6 Å². The average molecular weight is 444 g/mol. The lowest BCUT2D eigenvalue weighted by Gasteiger charge is -2.16. The highest BCUT2D eigenvalue weighted by Gasteiger charge is 2.51. The first-order valence-electron chi connectivity index (χ1n) is 8.61. The van der Waals surface area contributed by atoms with Crippen LogP contribution in [0.25, 0.3) is 0 Å². The molecule has 0 saturated carbocycles. The SMILES string of the molecule is Cc1cc(Br)ccc1NC(=O)CCCC[C@@H]1[C@@H]2NC(=O)N[C@H]2CS1(=O)=O. The van der Waals surface area contributed by atoms with Crippen LogP contribution in [0.1, 0.15) is 31.2 Å². The average Bonchev–Trinajstić information content (AvgIpc) is 2.99. The fourth-order valence-electron chi connectivity index (χ4n) is 3.62. The number of anilines is 1. The quantitative estimate of drug-likeness (QED) is 0.462. The summed E-state index contributed by atoms with van der Waals surface area (Å²) in [5, 5.41) is 7.67. The zero-order valence-corrected chi connectivity index (χ0v) is 16.8. The van der Waals surface area contributed by atoms with Crippen molar-refractivity contribution >= 4 is 43.4 Å². The number of carbonyl (C=O) groups is 2. The normalized spacial score (nSPS) is 26.1. The van der Waals surface area contributed by atoms with Gasteiger partial charge in [-0.05, 0) is 43.5 Å². The van der Waals surface area contributed by atoms with E-state index in [1.807, 2.05) is 25.1 Å². The molecule has 2 aliphatic rings. The monoisotopic (exact) mass is 443 g/mol. The standard InChI is InChI=1S/C17H22BrN3O4S/c1-10-8-11(18)6-7-12(10)19-15(22)5-3-2-4-14-16-13(9-26(14,24)25)20-17(23)21-16/h6-8,13-14,16H,2-5,9H2,1H3,(H,19,22)(H2,20,21,23)/t13-,14+,16+/m0/s1. The van der Waals surface area contributed by atoms with E-state index in [1.165, 1.54) is 0 Å². The molecule has 3 rings (SSSR count). The fraction of sp³-hybridized carbons (Fsp3) is 0.529. The topological polar surface area (TPSA) is 104 Å². The molecule has 3 atom stereocenters. The molecule has 0 radical (unpaired) electrons. The summed E-state index contributed by atoms with van der Waals surface area (Å²) in [5.74, 6) is -0.0943. The van der Waals surface area contributed by atoms with E-state index in [1.54, 1.807) is 0 Å². The largest absolute Gasteiger partial charge is 0.332 e. The van der Waals surface area contributed by atoms with Crippen molar-refractivity contribution in [3.63, 3.8) is 0 Å². The summed E-state index contributed by atoms with van der Waals surface area (Å²) in [7, 11) is -3.21. The zero-order valence-electron chi connectivity index (χ0n) is 14.4. The summed E-state index contributed by atoms with van der Waals surface area (Å²) < 4.78 is 25.4. The van der Waals surface area contributed by atoms with Crippen molar-refractivity contribution in [2.45, 2.75) is 49.9 Å². The second-order valence-corrected chi connectivity index (χ2v) is 10.1. The van der Waals surface area contributed by atoms with Gasteiger partial charge in [-0.25, -0.2) is 13.2 Å². The summed E-state index contributed by atoms with van der Waals surface area (Å²) in [6.45, 7) is 1.92. The van der Waals surface area contributed by atoms with Gasteiger partial charge in [0.1, 0.15) is 0 Å². The Labute approximate surface area is 161 Å². The van der Waals surface area contributed by atoms with Crippen LogP contribution >= 0.6 is 15.9 Å². The molecule has 2 saturated heterocycles. The number of carbonyl (C=O) groups excluding carboxylic acids is 2. The molecule has 0 unspecified atom stereocenters. The molecule has 26 heavy (non-hydrogen) atoms. The molecule has 7 nitrogen and oxygen atoms in total. The molecule has 142 valence electrons. The van der Waals surface area contributed by atoms with Crippen LogP contribution in [0.3, 0.4) is 0 Å². The Balaban J connectivity index is 1.46. The van der Waals surface area contributed by atoms with Crippen molar-refractivity contribution in [2.24, 2.45) is 0 Å². The highest BCUT2D eigenvalue weighted by Crippen LogP contribution is 2.28. The lowest BCUT2D eigenvalue weighted by atomic mass is 10.0. The molecule has 3 amide bonds. The Morgan fingerprint density at radius 3 is 2.81 bits per heavy atom. The molecule has 0 bridgehead atoms. The second-order valence-electron chi connectivity index (χ2n) is 6.87. The third-order valence-electron chi connectivity index (χ3n) is 4.93. The van der Waals surface area contributed by atoms with Gasteiger partial charge in [0, 0.05) is 16.6 Å². The number of aryl methyl sites for hydroxylation is 1. The van der Waals surface area contributed by atoms with E-state index in [0.29, 0.717) is 25.7 Å². The van der Waals surface area contributed by atoms with Crippen LogP contribution in [-0.2, 0) is 14.6 Å². The van der Waals surface area contributed by atoms with Gasteiger partial charge in [-0.3, -0.25) is 4.79 Å². The minimum absolute atomic E-state index is 0.00952. The second kappa shape index (κ2) is 7.56. The first-order chi connectivity index (χ1) is 12.3. The van der Waals surface area contributed by atoms with E-state index in [4.69, 9.17) is 0 Å². The number of benzene rings is 1. The molecule has 2 heterocycles. The van der Waals surface area contributed by atoms with Crippen LogP contribution in [0, 0.1) is 6.92 Å². The molecular weight excluding hydrogens is 422 g/mol. The molecule has 0 spiro atoms. The Bertz CT molecular complexity index is 827. The number of hydrogen-bond donors (Lipinski definition) is 3. The number of fused-ring (bicyclic) bond motifs is 1.